The van der Waals surface area contributed by atoms with Crippen molar-refractivity contribution >= 4 is 40.3 Å². The molecule has 1 fully saturated rings. The SMILES string of the molecule is CC(Cl)c1nc2cc(Cl)cnc2n1C1CCC(=O)NC1. The number of carbonyl (C=O) groups is 1. The maximum atomic E-state index is 11.3. The van der Waals surface area contributed by atoms with Crippen molar-refractivity contribution in [3.05, 3.63) is 23.1 Å². The Bertz CT molecular complexity index is 658. The van der Waals surface area contributed by atoms with Crippen LogP contribution in [0.3, 0.4) is 0 Å². The summed E-state index contributed by atoms with van der Waals surface area (Å²) >= 11 is 12.2. The van der Waals surface area contributed by atoms with E-state index in [-0.39, 0.29) is 17.3 Å². The molecule has 7 heteroatoms. The van der Waals surface area contributed by atoms with Crippen molar-refractivity contribution in [2.75, 3.05) is 6.54 Å². The first-order chi connectivity index (χ1) is 9.56. The summed E-state index contributed by atoms with van der Waals surface area (Å²) in [5.41, 5.74) is 1.50. The predicted molar refractivity (Wildman–Crippen MR) is 78.1 cm³/mol. The average molecular weight is 313 g/mol. The Labute approximate surface area is 126 Å². The number of hydrogen-bond donors (Lipinski definition) is 1. The summed E-state index contributed by atoms with van der Waals surface area (Å²) in [6.45, 7) is 2.45. The molecule has 3 rings (SSSR count). The molecular weight excluding hydrogens is 299 g/mol. The van der Waals surface area contributed by atoms with Gasteiger partial charge in [-0.3, -0.25) is 4.79 Å². The molecule has 3 heterocycles. The quantitative estimate of drug-likeness (QED) is 0.867. The van der Waals surface area contributed by atoms with Crippen LogP contribution >= 0.6 is 23.2 Å². The van der Waals surface area contributed by atoms with Gasteiger partial charge in [-0.1, -0.05) is 11.6 Å². The van der Waals surface area contributed by atoms with E-state index in [4.69, 9.17) is 23.2 Å². The molecule has 0 spiro atoms. The predicted octanol–water partition coefficient (Wildman–Crippen LogP) is 2.84. The maximum Gasteiger partial charge on any atom is 0.220 e. The molecular formula is C13H14Cl2N4O. The van der Waals surface area contributed by atoms with Crippen LogP contribution in [0.1, 0.15) is 37.0 Å². The first-order valence-corrected chi connectivity index (χ1v) is 7.32. The molecule has 2 unspecified atom stereocenters. The normalized spacial score (nSPS) is 20.9. The molecule has 1 amide bonds. The fraction of sp³-hybridized carbons (Fsp3) is 0.462. The molecule has 5 nitrogen and oxygen atoms in total. The Morgan fingerprint density at radius 3 is 3.00 bits per heavy atom. The zero-order valence-electron chi connectivity index (χ0n) is 10.9. The van der Waals surface area contributed by atoms with Gasteiger partial charge in [-0.25, -0.2) is 9.97 Å². The highest BCUT2D eigenvalue weighted by Crippen LogP contribution is 2.30. The van der Waals surface area contributed by atoms with Gasteiger partial charge in [0.15, 0.2) is 5.65 Å². The number of imidazole rings is 1. The van der Waals surface area contributed by atoms with E-state index in [0.29, 0.717) is 18.0 Å². The van der Waals surface area contributed by atoms with Gasteiger partial charge in [0, 0.05) is 19.2 Å². The van der Waals surface area contributed by atoms with E-state index in [1.54, 1.807) is 12.3 Å². The maximum absolute atomic E-state index is 11.3. The molecule has 1 N–H and O–H groups in total. The first-order valence-electron chi connectivity index (χ1n) is 6.50. The molecule has 106 valence electrons. The second kappa shape index (κ2) is 5.22. The minimum absolute atomic E-state index is 0.0853. The van der Waals surface area contributed by atoms with Crippen molar-refractivity contribution in [2.45, 2.75) is 31.2 Å². The summed E-state index contributed by atoms with van der Waals surface area (Å²) < 4.78 is 2.03. The van der Waals surface area contributed by atoms with Crippen molar-refractivity contribution in [1.82, 2.24) is 19.9 Å². The average Bonchev–Trinajstić information content (AvgIpc) is 2.78. The molecule has 0 radical (unpaired) electrons. The number of rotatable bonds is 2. The van der Waals surface area contributed by atoms with Gasteiger partial charge >= 0.3 is 0 Å². The molecule has 2 atom stereocenters. The Morgan fingerprint density at radius 2 is 2.35 bits per heavy atom. The smallest absolute Gasteiger partial charge is 0.220 e. The van der Waals surface area contributed by atoms with E-state index in [0.717, 1.165) is 23.4 Å². The van der Waals surface area contributed by atoms with Crippen molar-refractivity contribution < 1.29 is 4.79 Å². The number of nitrogens with one attached hydrogen (secondary N) is 1. The van der Waals surface area contributed by atoms with E-state index in [1.165, 1.54) is 0 Å². The highest BCUT2D eigenvalue weighted by Gasteiger charge is 2.26. The summed E-state index contributed by atoms with van der Waals surface area (Å²) in [7, 11) is 0. The second-order valence-electron chi connectivity index (χ2n) is 4.95. The first kappa shape index (κ1) is 13.6. The van der Waals surface area contributed by atoms with Crippen LogP contribution < -0.4 is 5.32 Å². The van der Waals surface area contributed by atoms with Crippen LogP contribution in [0, 0.1) is 0 Å². The van der Waals surface area contributed by atoms with E-state index in [1.807, 2.05) is 11.5 Å². The zero-order chi connectivity index (χ0) is 14.3. The number of halogens is 2. The van der Waals surface area contributed by atoms with Crippen molar-refractivity contribution in [2.24, 2.45) is 0 Å². The van der Waals surface area contributed by atoms with Crippen LogP contribution in [0.15, 0.2) is 12.3 Å². The molecule has 20 heavy (non-hydrogen) atoms. The number of alkyl halides is 1. The molecule has 0 saturated carbocycles. The highest BCUT2D eigenvalue weighted by atomic mass is 35.5. The lowest BCUT2D eigenvalue weighted by Gasteiger charge is -2.26. The van der Waals surface area contributed by atoms with Gasteiger partial charge in [-0.2, -0.15) is 0 Å². The van der Waals surface area contributed by atoms with Gasteiger partial charge in [0.2, 0.25) is 5.91 Å². The molecule has 2 aromatic rings. The molecule has 1 saturated heterocycles. The van der Waals surface area contributed by atoms with E-state index in [9.17, 15) is 4.79 Å². The minimum atomic E-state index is -0.236. The molecule has 0 bridgehead atoms. The monoisotopic (exact) mass is 312 g/mol. The Balaban J connectivity index is 2.11. The summed E-state index contributed by atoms with van der Waals surface area (Å²) in [6, 6.07) is 1.91. The van der Waals surface area contributed by atoms with Gasteiger partial charge in [-0.05, 0) is 19.4 Å². The molecule has 1 aliphatic rings. The fourth-order valence-electron chi connectivity index (χ4n) is 2.56. The third kappa shape index (κ3) is 2.36. The highest BCUT2D eigenvalue weighted by molar-refractivity contribution is 6.31. The van der Waals surface area contributed by atoms with Gasteiger partial charge in [0.25, 0.3) is 0 Å². The number of carbonyl (C=O) groups excluding carboxylic acids is 1. The minimum Gasteiger partial charge on any atom is -0.354 e. The van der Waals surface area contributed by atoms with E-state index in [2.05, 4.69) is 15.3 Å². The zero-order valence-corrected chi connectivity index (χ0v) is 12.4. The number of amides is 1. The van der Waals surface area contributed by atoms with Crippen LogP contribution in [-0.4, -0.2) is 27.0 Å². The van der Waals surface area contributed by atoms with Crippen LogP contribution in [0.25, 0.3) is 11.2 Å². The second-order valence-corrected chi connectivity index (χ2v) is 6.04. The summed E-state index contributed by atoms with van der Waals surface area (Å²) in [4.78, 5) is 20.2. The number of aromatic nitrogens is 3. The van der Waals surface area contributed by atoms with Crippen molar-refractivity contribution in [3.8, 4) is 0 Å². The van der Waals surface area contributed by atoms with Crippen molar-refractivity contribution in [1.29, 1.82) is 0 Å². The van der Waals surface area contributed by atoms with Gasteiger partial charge in [0.05, 0.1) is 16.4 Å². The van der Waals surface area contributed by atoms with E-state index < -0.39 is 0 Å². The van der Waals surface area contributed by atoms with Gasteiger partial charge in [-0.15, -0.1) is 11.6 Å². The third-order valence-corrected chi connectivity index (χ3v) is 3.89. The lowest BCUT2D eigenvalue weighted by molar-refractivity contribution is -0.122. The topological polar surface area (TPSA) is 59.8 Å². The van der Waals surface area contributed by atoms with Crippen LogP contribution in [0.2, 0.25) is 5.02 Å². The largest absolute Gasteiger partial charge is 0.354 e. The third-order valence-electron chi connectivity index (χ3n) is 3.48. The van der Waals surface area contributed by atoms with Crippen LogP contribution in [-0.2, 0) is 4.79 Å². The number of hydrogen-bond acceptors (Lipinski definition) is 3. The summed E-state index contributed by atoms with van der Waals surface area (Å²) in [6.07, 6.45) is 2.87. The standard InChI is InChI=1S/C13H14Cl2N4O/c1-7(14)12-18-10-4-8(15)5-17-13(10)19(12)9-2-3-11(20)16-6-9/h4-5,7,9H,2-3,6H2,1H3,(H,16,20). The molecule has 2 aromatic heterocycles. The van der Waals surface area contributed by atoms with Gasteiger partial charge in [0.1, 0.15) is 11.3 Å². The summed E-state index contributed by atoms with van der Waals surface area (Å²) in [5, 5.41) is 3.19. The molecule has 0 aliphatic carbocycles. The lowest BCUT2D eigenvalue weighted by atomic mass is 10.1. The lowest BCUT2D eigenvalue weighted by Crippen LogP contribution is -2.36. The molecule has 1 aliphatic heterocycles. The van der Waals surface area contributed by atoms with Crippen molar-refractivity contribution in [3.63, 3.8) is 0 Å². The number of piperidine rings is 1. The Kier molecular flexibility index (Phi) is 3.56. The number of fused-ring (bicyclic) bond motifs is 1. The Morgan fingerprint density at radius 1 is 1.55 bits per heavy atom. The summed E-state index contributed by atoms with van der Waals surface area (Å²) in [5.74, 6) is 0.847. The van der Waals surface area contributed by atoms with Gasteiger partial charge < -0.3 is 9.88 Å². The number of nitrogens with zero attached hydrogens (tertiary/aromatic N) is 3. The van der Waals surface area contributed by atoms with Crippen LogP contribution in [0.5, 0.6) is 0 Å². The fourth-order valence-corrected chi connectivity index (χ4v) is 2.86. The van der Waals surface area contributed by atoms with Crippen LogP contribution in [0.4, 0.5) is 0 Å². The number of pyridine rings is 1. The Hall–Kier alpha value is -1.33. The molecule has 0 aromatic carbocycles. The van der Waals surface area contributed by atoms with E-state index >= 15 is 0 Å².